The summed E-state index contributed by atoms with van der Waals surface area (Å²) < 4.78 is 32.5. The number of phenols is 1. The van der Waals surface area contributed by atoms with E-state index >= 15 is 0 Å². The Morgan fingerprint density at radius 3 is 2.23 bits per heavy atom. The summed E-state index contributed by atoms with van der Waals surface area (Å²) >= 11 is 0. The molecule has 0 atom stereocenters. The first-order valence-corrected chi connectivity index (χ1v) is 7.58. The number of benzene rings is 2. The number of hydrogen-bond donors (Lipinski definition) is 1. The molecule has 1 aromatic heterocycles. The molecule has 22 heavy (non-hydrogen) atoms. The first-order valence-electron chi connectivity index (χ1n) is 6.00. The zero-order chi connectivity index (χ0) is 15.0. The Balaban J connectivity index is 0.00000176. The second kappa shape index (κ2) is 6.35. The zero-order valence-electron chi connectivity index (χ0n) is 11.7. The molecule has 3 rings (SSSR count). The van der Waals surface area contributed by atoms with Crippen molar-refractivity contribution in [3.8, 4) is 11.4 Å². The second-order valence-electron chi connectivity index (χ2n) is 4.50. The molecule has 0 aliphatic rings. The summed E-state index contributed by atoms with van der Waals surface area (Å²) in [6.07, 6.45) is 0. The van der Waals surface area contributed by atoms with Gasteiger partial charge in [-0.25, -0.2) is 8.42 Å². The average molecular weight is 327 g/mol. The fourth-order valence-electron chi connectivity index (χ4n) is 1.99. The zero-order valence-corrected chi connectivity index (χ0v) is 14.5. The van der Waals surface area contributed by atoms with Crippen LogP contribution in [-0.4, -0.2) is 33.1 Å². The molecule has 0 saturated heterocycles. The van der Waals surface area contributed by atoms with Gasteiger partial charge < -0.3 is 9.66 Å². The van der Waals surface area contributed by atoms with Gasteiger partial charge in [-0.05, 0) is 29.8 Å². The first-order chi connectivity index (χ1) is 9.92. The van der Waals surface area contributed by atoms with Crippen molar-refractivity contribution in [2.45, 2.75) is 5.75 Å². The van der Waals surface area contributed by atoms with Gasteiger partial charge in [-0.15, -0.1) is 15.0 Å². The monoisotopic (exact) mass is 327 g/mol. The molecule has 0 aliphatic heterocycles. The van der Waals surface area contributed by atoms with E-state index in [2.05, 4.69) is 10.2 Å². The Bertz CT molecular complexity index is 891. The Morgan fingerprint density at radius 2 is 1.68 bits per heavy atom. The molecule has 0 fully saturated rings. The Kier molecular flexibility index (Phi) is 4.88. The smallest absolute Gasteiger partial charge is 0.748 e. The van der Waals surface area contributed by atoms with Gasteiger partial charge in [-0.3, -0.25) is 0 Å². The molecule has 0 spiro atoms. The van der Waals surface area contributed by atoms with E-state index in [1.54, 1.807) is 12.1 Å². The van der Waals surface area contributed by atoms with E-state index in [1.165, 1.54) is 23.0 Å². The van der Waals surface area contributed by atoms with Gasteiger partial charge in [0.15, 0.2) is 0 Å². The van der Waals surface area contributed by atoms with Crippen molar-refractivity contribution in [1.29, 1.82) is 0 Å². The number of aromatic nitrogens is 3. The fraction of sp³-hybridized carbons (Fsp3) is 0.0769. The number of nitrogens with zero attached hydrogens (tertiary/aromatic N) is 3. The molecule has 0 saturated carbocycles. The van der Waals surface area contributed by atoms with Gasteiger partial charge >= 0.3 is 29.6 Å². The Hall–Kier alpha value is -1.45. The molecule has 0 bridgehead atoms. The van der Waals surface area contributed by atoms with Crippen LogP contribution in [0.2, 0.25) is 0 Å². The average Bonchev–Trinajstić information content (AvgIpc) is 2.83. The van der Waals surface area contributed by atoms with E-state index < -0.39 is 15.9 Å². The molecule has 0 radical (unpaired) electrons. The third-order valence-electron chi connectivity index (χ3n) is 2.89. The molecule has 1 heterocycles. The topological polar surface area (TPSA) is 108 Å². The van der Waals surface area contributed by atoms with Crippen LogP contribution in [0.5, 0.6) is 5.75 Å². The summed E-state index contributed by atoms with van der Waals surface area (Å²) in [4.78, 5) is 1.21. The van der Waals surface area contributed by atoms with Crippen LogP contribution in [0.4, 0.5) is 0 Å². The number of rotatable bonds is 3. The summed E-state index contributed by atoms with van der Waals surface area (Å²) in [5.41, 5.74) is 1.75. The van der Waals surface area contributed by atoms with Crippen LogP contribution in [0, 0.1) is 0 Å². The fourth-order valence-corrected chi connectivity index (χ4v) is 2.58. The summed E-state index contributed by atoms with van der Waals surface area (Å²) in [5.74, 6) is -0.761. The van der Waals surface area contributed by atoms with Crippen molar-refractivity contribution in [3.63, 3.8) is 0 Å². The van der Waals surface area contributed by atoms with Gasteiger partial charge in [0, 0.05) is 0 Å². The Labute approximate surface area is 148 Å². The molecular weight excluding hydrogens is 317 g/mol. The van der Waals surface area contributed by atoms with Crippen molar-refractivity contribution in [2.24, 2.45) is 0 Å². The number of phenolic OH excluding ortho intramolecular Hbond substituents is 1. The van der Waals surface area contributed by atoms with Crippen molar-refractivity contribution in [1.82, 2.24) is 15.0 Å². The van der Waals surface area contributed by atoms with Crippen LogP contribution in [0.15, 0.2) is 42.5 Å². The summed E-state index contributed by atoms with van der Waals surface area (Å²) in [6, 6.07) is 11.2. The molecule has 108 valence electrons. The van der Waals surface area contributed by atoms with E-state index in [0.717, 1.165) is 0 Å². The van der Waals surface area contributed by atoms with Gasteiger partial charge in [0.2, 0.25) is 0 Å². The van der Waals surface area contributed by atoms with Gasteiger partial charge in [0.25, 0.3) is 0 Å². The van der Waals surface area contributed by atoms with Crippen LogP contribution in [0.25, 0.3) is 16.7 Å². The predicted octanol–water partition coefficient (Wildman–Crippen LogP) is -1.82. The van der Waals surface area contributed by atoms with Gasteiger partial charge in [0.05, 0.1) is 15.9 Å². The quantitative estimate of drug-likeness (QED) is 0.448. The van der Waals surface area contributed by atoms with E-state index in [9.17, 15) is 18.1 Å². The largest absolute Gasteiger partial charge is 1.00 e. The minimum absolute atomic E-state index is 0. The minimum Gasteiger partial charge on any atom is -0.748 e. The normalized spacial score (nSPS) is 11.3. The second-order valence-corrected chi connectivity index (χ2v) is 5.91. The predicted molar refractivity (Wildman–Crippen MR) is 73.9 cm³/mol. The molecule has 2 aromatic carbocycles. The van der Waals surface area contributed by atoms with E-state index in [4.69, 9.17) is 0 Å². The minimum atomic E-state index is -4.40. The SMILES string of the molecule is O=S(=O)([O-])Cc1ccc(O)c(-n2nc3ccccc3n2)c1.[Na+]. The molecule has 9 heteroatoms. The molecule has 0 amide bonds. The standard InChI is InChI=1S/C13H11N3O4S.Na/c17-13-6-5-9(8-21(18,19)20)7-12(13)16-14-10-3-1-2-4-11(10)15-16;/h1-7,17H,8H2,(H,18,19,20);/q;+1/p-1. The molecule has 1 N–H and O–H groups in total. The third kappa shape index (κ3) is 3.65. The maximum absolute atomic E-state index is 10.8. The van der Waals surface area contributed by atoms with Crippen LogP contribution in [0.1, 0.15) is 5.56 Å². The summed E-state index contributed by atoms with van der Waals surface area (Å²) in [7, 11) is -4.40. The molecule has 3 aromatic rings. The van der Waals surface area contributed by atoms with Crippen LogP contribution < -0.4 is 29.6 Å². The van der Waals surface area contributed by atoms with Crippen LogP contribution in [0.3, 0.4) is 0 Å². The van der Waals surface area contributed by atoms with Gasteiger partial charge in [0.1, 0.15) is 22.5 Å². The molecule has 7 nitrogen and oxygen atoms in total. The van der Waals surface area contributed by atoms with Crippen LogP contribution >= 0.6 is 0 Å². The maximum Gasteiger partial charge on any atom is 1.00 e. The summed E-state index contributed by atoms with van der Waals surface area (Å²) in [5, 5.41) is 18.3. The molecular formula is C13H10N3NaO4S. The number of fused-ring (bicyclic) bond motifs is 1. The van der Waals surface area contributed by atoms with E-state index in [1.807, 2.05) is 12.1 Å². The molecule has 0 unspecified atom stereocenters. The van der Waals surface area contributed by atoms with E-state index in [-0.39, 0.29) is 46.6 Å². The van der Waals surface area contributed by atoms with Gasteiger partial charge in [-0.1, -0.05) is 18.2 Å². The van der Waals surface area contributed by atoms with Crippen molar-refractivity contribution in [2.75, 3.05) is 0 Å². The third-order valence-corrected chi connectivity index (χ3v) is 3.57. The van der Waals surface area contributed by atoms with Crippen molar-refractivity contribution < 1.29 is 47.6 Å². The van der Waals surface area contributed by atoms with Crippen molar-refractivity contribution >= 4 is 21.2 Å². The first kappa shape index (κ1) is 16.9. The summed E-state index contributed by atoms with van der Waals surface area (Å²) in [6.45, 7) is 0. The maximum atomic E-state index is 10.8. The number of hydrogen-bond acceptors (Lipinski definition) is 6. The number of aromatic hydroxyl groups is 1. The Morgan fingerprint density at radius 1 is 1.09 bits per heavy atom. The van der Waals surface area contributed by atoms with Gasteiger partial charge in [-0.2, -0.15) is 0 Å². The van der Waals surface area contributed by atoms with E-state index in [0.29, 0.717) is 11.0 Å². The molecule has 0 aliphatic carbocycles. The van der Waals surface area contributed by atoms with Crippen molar-refractivity contribution in [3.05, 3.63) is 48.0 Å². The van der Waals surface area contributed by atoms with Crippen LogP contribution in [-0.2, 0) is 15.9 Å².